The second-order valence-electron chi connectivity index (χ2n) is 5.43. The Hall–Kier alpha value is -0.200. The van der Waals surface area contributed by atoms with Gasteiger partial charge in [0.15, 0.2) is 6.29 Å². The molecule has 0 radical (unpaired) electrons. The van der Waals surface area contributed by atoms with Crippen molar-refractivity contribution in [2.75, 3.05) is 13.1 Å². The highest BCUT2D eigenvalue weighted by Gasteiger charge is 2.43. The van der Waals surface area contributed by atoms with E-state index in [4.69, 9.17) is 9.47 Å². The normalized spacial score (nSPS) is 34.2. The standard InChI is InChI=1S/C13H27NO4/c1-5-9(4)17-13-12(16)11(15)10(18-13)7-14-6-8(2)3/h8-16H,5-7H2,1-4H3/t9?,10-,11+,12+,13+/m1/s1. The lowest BCUT2D eigenvalue weighted by Gasteiger charge is -2.19. The maximum Gasteiger partial charge on any atom is 0.186 e. The molecular formula is C13H27NO4. The first-order valence-electron chi connectivity index (χ1n) is 6.83. The van der Waals surface area contributed by atoms with Gasteiger partial charge in [-0.15, -0.1) is 0 Å². The minimum atomic E-state index is -0.968. The molecule has 18 heavy (non-hydrogen) atoms. The summed E-state index contributed by atoms with van der Waals surface area (Å²) in [5.74, 6) is 0.542. The molecule has 0 spiro atoms. The molecule has 0 saturated carbocycles. The van der Waals surface area contributed by atoms with Crippen LogP contribution < -0.4 is 5.32 Å². The van der Waals surface area contributed by atoms with Crippen LogP contribution in [0.15, 0.2) is 0 Å². The third-order valence-electron chi connectivity index (χ3n) is 3.16. The van der Waals surface area contributed by atoms with E-state index in [2.05, 4.69) is 19.2 Å². The summed E-state index contributed by atoms with van der Waals surface area (Å²) in [6.07, 6.45) is -2.13. The molecule has 0 amide bonds. The molecule has 1 heterocycles. The average molecular weight is 261 g/mol. The highest BCUT2D eigenvalue weighted by molar-refractivity contribution is 4.88. The molecule has 0 aromatic heterocycles. The fraction of sp³-hybridized carbons (Fsp3) is 1.00. The Morgan fingerprint density at radius 2 is 1.89 bits per heavy atom. The summed E-state index contributed by atoms with van der Waals surface area (Å²) < 4.78 is 11.1. The van der Waals surface area contributed by atoms with Crippen molar-refractivity contribution in [3.63, 3.8) is 0 Å². The Kier molecular flexibility index (Phi) is 6.52. The molecule has 5 nitrogen and oxygen atoms in total. The monoisotopic (exact) mass is 261 g/mol. The molecule has 1 aliphatic heterocycles. The van der Waals surface area contributed by atoms with Crippen molar-refractivity contribution in [3.05, 3.63) is 0 Å². The zero-order valence-corrected chi connectivity index (χ0v) is 11.8. The molecular weight excluding hydrogens is 234 g/mol. The van der Waals surface area contributed by atoms with Gasteiger partial charge in [0.2, 0.25) is 0 Å². The van der Waals surface area contributed by atoms with E-state index in [1.165, 1.54) is 0 Å². The highest BCUT2D eigenvalue weighted by Crippen LogP contribution is 2.23. The van der Waals surface area contributed by atoms with E-state index in [1.54, 1.807) is 0 Å². The summed E-state index contributed by atoms with van der Waals surface area (Å²) in [6.45, 7) is 9.54. The van der Waals surface area contributed by atoms with Gasteiger partial charge in [-0.25, -0.2) is 0 Å². The van der Waals surface area contributed by atoms with Gasteiger partial charge in [0, 0.05) is 6.54 Å². The molecule has 5 heteroatoms. The Morgan fingerprint density at radius 1 is 1.22 bits per heavy atom. The van der Waals surface area contributed by atoms with Crippen molar-refractivity contribution in [2.24, 2.45) is 5.92 Å². The molecule has 0 aromatic carbocycles. The molecule has 5 atom stereocenters. The number of aliphatic hydroxyl groups excluding tert-OH is 2. The lowest BCUT2D eigenvalue weighted by Crippen LogP contribution is -2.39. The van der Waals surface area contributed by atoms with E-state index in [0.29, 0.717) is 12.5 Å². The van der Waals surface area contributed by atoms with Crippen LogP contribution in [0.25, 0.3) is 0 Å². The van der Waals surface area contributed by atoms with Gasteiger partial charge in [-0.05, 0) is 25.8 Å². The molecule has 1 unspecified atom stereocenters. The van der Waals surface area contributed by atoms with Gasteiger partial charge in [-0.2, -0.15) is 0 Å². The zero-order chi connectivity index (χ0) is 13.7. The SMILES string of the molecule is CCC(C)O[C@H]1O[C@H](CNCC(C)C)[C@H](O)[C@@H]1O. The third kappa shape index (κ3) is 4.48. The van der Waals surface area contributed by atoms with Gasteiger partial charge in [-0.1, -0.05) is 20.8 Å². The number of ether oxygens (including phenoxy) is 2. The Morgan fingerprint density at radius 3 is 2.44 bits per heavy atom. The second-order valence-corrected chi connectivity index (χ2v) is 5.43. The van der Waals surface area contributed by atoms with Crippen molar-refractivity contribution in [1.29, 1.82) is 0 Å². The molecule has 0 aliphatic carbocycles. The summed E-state index contributed by atoms with van der Waals surface area (Å²) in [6, 6.07) is 0. The minimum absolute atomic E-state index is 0.0132. The first kappa shape index (κ1) is 15.9. The molecule has 1 fully saturated rings. The first-order chi connectivity index (χ1) is 8.45. The van der Waals surface area contributed by atoms with Crippen molar-refractivity contribution in [1.82, 2.24) is 5.32 Å². The topological polar surface area (TPSA) is 71.0 Å². The molecule has 3 N–H and O–H groups in total. The number of rotatable bonds is 7. The fourth-order valence-corrected chi connectivity index (χ4v) is 1.84. The average Bonchev–Trinajstić information content (AvgIpc) is 2.57. The molecule has 1 saturated heterocycles. The van der Waals surface area contributed by atoms with Gasteiger partial charge < -0.3 is 25.0 Å². The van der Waals surface area contributed by atoms with E-state index in [0.717, 1.165) is 13.0 Å². The van der Waals surface area contributed by atoms with Gasteiger partial charge in [0.1, 0.15) is 18.3 Å². The van der Waals surface area contributed by atoms with Crippen molar-refractivity contribution < 1.29 is 19.7 Å². The predicted octanol–water partition coefficient (Wildman–Crippen LogP) is 0.494. The molecule has 0 aromatic rings. The van der Waals surface area contributed by atoms with Crippen LogP contribution in [0.2, 0.25) is 0 Å². The summed E-state index contributed by atoms with van der Waals surface area (Å²) in [4.78, 5) is 0. The Bertz CT molecular complexity index is 237. The van der Waals surface area contributed by atoms with E-state index < -0.39 is 24.6 Å². The predicted molar refractivity (Wildman–Crippen MR) is 69.2 cm³/mol. The van der Waals surface area contributed by atoms with Crippen LogP contribution >= 0.6 is 0 Å². The smallest absolute Gasteiger partial charge is 0.186 e. The maximum atomic E-state index is 9.88. The van der Waals surface area contributed by atoms with Crippen LogP contribution in [0.1, 0.15) is 34.1 Å². The van der Waals surface area contributed by atoms with Crippen LogP contribution in [0.5, 0.6) is 0 Å². The van der Waals surface area contributed by atoms with Gasteiger partial charge in [-0.3, -0.25) is 0 Å². The van der Waals surface area contributed by atoms with Gasteiger partial charge in [0.05, 0.1) is 6.10 Å². The molecule has 1 rings (SSSR count). The largest absolute Gasteiger partial charge is 0.387 e. The van der Waals surface area contributed by atoms with Crippen molar-refractivity contribution >= 4 is 0 Å². The van der Waals surface area contributed by atoms with Crippen LogP contribution in [0.4, 0.5) is 0 Å². The van der Waals surface area contributed by atoms with E-state index in [-0.39, 0.29) is 6.10 Å². The van der Waals surface area contributed by atoms with Gasteiger partial charge >= 0.3 is 0 Å². The second kappa shape index (κ2) is 7.40. The molecule has 1 aliphatic rings. The fourth-order valence-electron chi connectivity index (χ4n) is 1.84. The highest BCUT2D eigenvalue weighted by atomic mass is 16.7. The number of aliphatic hydroxyl groups is 2. The number of hydrogen-bond acceptors (Lipinski definition) is 5. The summed E-state index contributed by atoms with van der Waals surface area (Å²) >= 11 is 0. The first-order valence-corrected chi connectivity index (χ1v) is 6.83. The van der Waals surface area contributed by atoms with Crippen molar-refractivity contribution in [3.8, 4) is 0 Å². The minimum Gasteiger partial charge on any atom is -0.387 e. The number of hydrogen-bond donors (Lipinski definition) is 3. The molecule has 108 valence electrons. The summed E-state index contributed by atoms with van der Waals surface area (Å²) in [7, 11) is 0. The lowest BCUT2D eigenvalue weighted by molar-refractivity contribution is -0.186. The van der Waals surface area contributed by atoms with E-state index in [1.807, 2.05) is 13.8 Å². The Labute approximate surface area is 109 Å². The van der Waals surface area contributed by atoms with Crippen LogP contribution in [0.3, 0.4) is 0 Å². The third-order valence-corrected chi connectivity index (χ3v) is 3.16. The van der Waals surface area contributed by atoms with Crippen LogP contribution in [0, 0.1) is 5.92 Å². The quantitative estimate of drug-likeness (QED) is 0.622. The summed E-state index contributed by atoms with van der Waals surface area (Å²) in [5.41, 5.74) is 0. The summed E-state index contributed by atoms with van der Waals surface area (Å²) in [5, 5.41) is 23.0. The van der Waals surface area contributed by atoms with E-state index in [9.17, 15) is 10.2 Å². The molecule has 0 bridgehead atoms. The van der Waals surface area contributed by atoms with Gasteiger partial charge in [0.25, 0.3) is 0 Å². The maximum absolute atomic E-state index is 9.88. The van der Waals surface area contributed by atoms with E-state index >= 15 is 0 Å². The number of nitrogens with one attached hydrogen (secondary N) is 1. The zero-order valence-electron chi connectivity index (χ0n) is 11.8. The lowest BCUT2D eigenvalue weighted by atomic mass is 10.1. The van der Waals surface area contributed by atoms with Crippen LogP contribution in [-0.2, 0) is 9.47 Å². The Balaban J connectivity index is 2.38. The van der Waals surface area contributed by atoms with Crippen molar-refractivity contribution in [2.45, 2.75) is 64.8 Å². The van der Waals surface area contributed by atoms with Crippen LogP contribution in [-0.4, -0.2) is 54.0 Å².